The highest BCUT2D eigenvalue weighted by atomic mass is 19.1. The number of ether oxygens (including phenoxy) is 1. The van der Waals surface area contributed by atoms with Gasteiger partial charge < -0.3 is 9.84 Å². The highest BCUT2D eigenvalue weighted by molar-refractivity contribution is 5.05. The van der Waals surface area contributed by atoms with Crippen LogP contribution >= 0.6 is 0 Å². The molecule has 1 aromatic rings. The molecule has 1 saturated heterocycles. The summed E-state index contributed by atoms with van der Waals surface area (Å²) < 4.78 is 19.3. The van der Waals surface area contributed by atoms with E-state index in [2.05, 4.69) is 6.58 Å². The smallest absolute Gasteiger partial charge is 0.331 e. The van der Waals surface area contributed by atoms with Crippen LogP contribution in [-0.2, 0) is 4.74 Å². The summed E-state index contributed by atoms with van der Waals surface area (Å²) in [5, 5.41) is 9.26. The molecule has 6 nitrogen and oxygen atoms in total. The number of nitrogens with one attached hydrogen (secondary N) is 1. The Bertz CT molecular complexity index is 535. The fourth-order valence-electron chi connectivity index (χ4n) is 1.46. The number of aliphatic hydroxyl groups excluding tert-OH is 1. The van der Waals surface area contributed by atoms with Gasteiger partial charge in [-0.2, -0.15) is 0 Å². The zero-order valence-corrected chi connectivity index (χ0v) is 8.09. The molecule has 2 heterocycles. The lowest BCUT2D eigenvalue weighted by Gasteiger charge is -2.14. The molecule has 1 aliphatic heterocycles. The van der Waals surface area contributed by atoms with Crippen LogP contribution in [0.5, 0.6) is 0 Å². The van der Waals surface area contributed by atoms with Gasteiger partial charge in [0.2, 0.25) is 6.23 Å². The SMILES string of the molecule is C=C1O[C@@H](n2ccc(=O)[nH]c2=O)[C@@H](F)C1O. The van der Waals surface area contributed by atoms with Gasteiger partial charge in [0.15, 0.2) is 6.17 Å². The summed E-state index contributed by atoms with van der Waals surface area (Å²) in [7, 11) is 0. The molecular weight excluding hydrogens is 219 g/mol. The Morgan fingerprint density at radius 3 is 2.75 bits per heavy atom. The van der Waals surface area contributed by atoms with Gasteiger partial charge >= 0.3 is 5.69 Å². The zero-order valence-electron chi connectivity index (χ0n) is 8.09. The fraction of sp³-hybridized carbons (Fsp3) is 0.333. The molecule has 0 spiro atoms. The minimum atomic E-state index is -1.80. The van der Waals surface area contributed by atoms with E-state index in [-0.39, 0.29) is 5.76 Å². The second-order valence-electron chi connectivity index (χ2n) is 3.38. The fourth-order valence-corrected chi connectivity index (χ4v) is 1.46. The van der Waals surface area contributed by atoms with Crippen LogP contribution in [0.1, 0.15) is 6.23 Å². The first-order valence-corrected chi connectivity index (χ1v) is 4.50. The third-order valence-electron chi connectivity index (χ3n) is 2.30. The highest BCUT2D eigenvalue weighted by Gasteiger charge is 2.41. The molecule has 86 valence electrons. The maximum atomic E-state index is 13.5. The van der Waals surface area contributed by atoms with Gasteiger partial charge in [0, 0.05) is 12.3 Å². The van der Waals surface area contributed by atoms with E-state index in [9.17, 15) is 19.1 Å². The largest absolute Gasteiger partial charge is 0.469 e. The number of hydrogen-bond donors (Lipinski definition) is 2. The van der Waals surface area contributed by atoms with Crippen molar-refractivity contribution in [2.75, 3.05) is 0 Å². The summed E-state index contributed by atoms with van der Waals surface area (Å²) in [6.45, 7) is 3.31. The number of H-pyrrole nitrogens is 1. The maximum Gasteiger partial charge on any atom is 0.331 e. The van der Waals surface area contributed by atoms with E-state index in [1.165, 1.54) is 0 Å². The summed E-state index contributed by atoms with van der Waals surface area (Å²) in [5.41, 5.74) is -1.39. The number of aromatic nitrogens is 2. The maximum absolute atomic E-state index is 13.5. The molecule has 1 aromatic heterocycles. The molecule has 0 radical (unpaired) electrons. The molecule has 0 saturated carbocycles. The van der Waals surface area contributed by atoms with Crippen molar-refractivity contribution < 1.29 is 14.2 Å². The zero-order chi connectivity index (χ0) is 11.9. The van der Waals surface area contributed by atoms with E-state index in [0.29, 0.717) is 0 Å². The summed E-state index contributed by atoms with van der Waals surface area (Å²) in [6, 6.07) is 1.06. The van der Waals surface area contributed by atoms with Gasteiger partial charge in [0.1, 0.15) is 11.9 Å². The minimum Gasteiger partial charge on any atom is -0.469 e. The Labute approximate surface area is 88.6 Å². The third-order valence-corrected chi connectivity index (χ3v) is 2.30. The highest BCUT2D eigenvalue weighted by Crippen LogP contribution is 2.31. The molecule has 7 heteroatoms. The van der Waals surface area contributed by atoms with Crippen molar-refractivity contribution >= 4 is 0 Å². The van der Waals surface area contributed by atoms with Crippen LogP contribution in [0.25, 0.3) is 0 Å². The number of aliphatic hydroxyl groups is 1. The number of nitrogens with zero attached hydrogens (tertiary/aromatic N) is 1. The van der Waals surface area contributed by atoms with Crippen molar-refractivity contribution in [1.29, 1.82) is 0 Å². The van der Waals surface area contributed by atoms with Crippen LogP contribution in [0.2, 0.25) is 0 Å². The Kier molecular flexibility index (Phi) is 2.39. The predicted molar refractivity (Wildman–Crippen MR) is 51.5 cm³/mol. The normalized spacial score (nSPS) is 29.1. The lowest BCUT2D eigenvalue weighted by molar-refractivity contribution is 0.0341. The van der Waals surface area contributed by atoms with Crippen LogP contribution in [0.15, 0.2) is 34.2 Å². The monoisotopic (exact) mass is 228 g/mol. The molecule has 2 N–H and O–H groups in total. The first-order valence-electron chi connectivity index (χ1n) is 4.50. The van der Waals surface area contributed by atoms with E-state index < -0.39 is 29.8 Å². The van der Waals surface area contributed by atoms with Gasteiger partial charge in [-0.3, -0.25) is 14.3 Å². The standard InChI is InChI=1S/C9H9FN2O4/c1-4-7(14)6(10)8(16-4)12-3-2-5(13)11-9(12)15/h2-3,6-8,14H,1H2,(H,11,13,15)/t6-,7?,8+/m0/s1. The lowest BCUT2D eigenvalue weighted by atomic mass is 10.2. The third kappa shape index (κ3) is 1.54. The molecule has 1 fully saturated rings. The van der Waals surface area contributed by atoms with Gasteiger partial charge in [-0.1, -0.05) is 6.58 Å². The van der Waals surface area contributed by atoms with E-state index in [0.717, 1.165) is 16.8 Å². The first kappa shape index (κ1) is 10.6. The van der Waals surface area contributed by atoms with Gasteiger partial charge in [-0.05, 0) is 0 Å². The summed E-state index contributed by atoms with van der Waals surface area (Å²) in [4.78, 5) is 24.1. The Morgan fingerprint density at radius 2 is 2.25 bits per heavy atom. The predicted octanol–water partition coefficient (Wildman–Crippen LogP) is -0.722. The van der Waals surface area contributed by atoms with Gasteiger partial charge in [-0.15, -0.1) is 0 Å². The van der Waals surface area contributed by atoms with Crippen molar-refractivity contribution in [3.63, 3.8) is 0 Å². The molecule has 3 atom stereocenters. The number of aromatic amines is 1. The van der Waals surface area contributed by atoms with Crippen molar-refractivity contribution in [1.82, 2.24) is 9.55 Å². The Hall–Kier alpha value is -1.89. The second-order valence-corrected chi connectivity index (χ2v) is 3.38. The van der Waals surface area contributed by atoms with E-state index in [4.69, 9.17) is 4.74 Å². The van der Waals surface area contributed by atoms with Crippen molar-refractivity contribution in [3.05, 3.63) is 45.4 Å². The van der Waals surface area contributed by atoms with Crippen LogP contribution in [0, 0.1) is 0 Å². The average Bonchev–Trinajstić information content (AvgIpc) is 2.46. The first-order chi connectivity index (χ1) is 7.50. The topological polar surface area (TPSA) is 84.3 Å². The molecule has 16 heavy (non-hydrogen) atoms. The second kappa shape index (κ2) is 3.60. The lowest BCUT2D eigenvalue weighted by Crippen LogP contribution is -2.35. The Balaban J connectivity index is 2.43. The van der Waals surface area contributed by atoms with Gasteiger partial charge in [0.05, 0.1) is 0 Å². The van der Waals surface area contributed by atoms with E-state index in [1.807, 2.05) is 4.98 Å². The summed E-state index contributed by atoms with van der Waals surface area (Å²) >= 11 is 0. The van der Waals surface area contributed by atoms with Crippen LogP contribution in [0.4, 0.5) is 4.39 Å². The number of alkyl halides is 1. The average molecular weight is 228 g/mol. The van der Waals surface area contributed by atoms with Crippen LogP contribution < -0.4 is 11.2 Å². The Morgan fingerprint density at radius 1 is 1.56 bits per heavy atom. The molecule has 1 unspecified atom stereocenters. The quantitative estimate of drug-likeness (QED) is 0.664. The summed E-state index contributed by atoms with van der Waals surface area (Å²) in [6.07, 6.45) is -3.46. The van der Waals surface area contributed by atoms with Gasteiger partial charge in [-0.25, -0.2) is 9.18 Å². The van der Waals surface area contributed by atoms with Crippen LogP contribution in [0.3, 0.4) is 0 Å². The molecular formula is C9H9FN2O4. The molecule has 0 aliphatic carbocycles. The molecule has 0 bridgehead atoms. The minimum absolute atomic E-state index is 0.143. The number of rotatable bonds is 1. The van der Waals surface area contributed by atoms with Crippen molar-refractivity contribution in [2.45, 2.75) is 18.5 Å². The number of hydrogen-bond acceptors (Lipinski definition) is 4. The van der Waals surface area contributed by atoms with Crippen LogP contribution in [-0.4, -0.2) is 26.9 Å². The molecule has 0 amide bonds. The molecule has 1 aliphatic rings. The van der Waals surface area contributed by atoms with Gasteiger partial charge in [0.25, 0.3) is 5.56 Å². The molecule has 0 aromatic carbocycles. The summed E-state index contributed by atoms with van der Waals surface area (Å²) in [5.74, 6) is -0.143. The van der Waals surface area contributed by atoms with Crippen molar-refractivity contribution in [2.24, 2.45) is 0 Å². The van der Waals surface area contributed by atoms with E-state index in [1.54, 1.807) is 0 Å². The molecule has 2 rings (SSSR count). The van der Waals surface area contributed by atoms with E-state index >= 15 is 0 Å². The van der Waals surface area contributed by atoms with Crippen molar-refractivity contribution in [3.8, 4) is 0 Å². The number of halogens is 1.